The monoisotopic (exact) mass is 364 g/mol. The van der Waals surface area contributed by atoms with Gasteiger partial charge in [0, 0.05) is 5.56 Å². The van der Waals surface area contributed by atoms with Crippen LogP contribution in [0.15, 0.2) is 59.5 Å². The highest BCUT2D eigenvalue weighted by Gasteiger charge is 2.47. The van der Waals surface area contributed by atoms with E-state index in [2.05, 4.69) is 5.32 Å². The predicted molar refractivity (Wildman–Crippen MR) is 88.4 cm³/mol. The molecule has 132 valence electrons. The van der Waals surface area contributed by atoms with Crippen LogP contribution in [-0.2, 0) is 19.6 Å². The summed E-state index contributed by atoms with van der Waals surface area (Å²) in [5.74, 6) is -1.24. The van der Waals surface area contributed by atoms with Crippen molar-refractivity contribution in [3.8, 4) is 0 Å². The fourth-order valence-corrected chi connectivity index (χ4v) is 4.47. The Hall–Kier alpha value is -2.29. The van der Waals surface area contributed by atoms with Crippen molar-refractivity contribution >= 4 is 16.0 Å². The van der Waals surface area contributed by atoms with Gasteiger partial charge >= 0.3 is 5.97 Å². The van der Waals surface area contributed by atoms with E-state index in [-0.39, 0.29) is 17.1 Å². The minimum Gasteiger partial charge on any atom is -0.468 e. The second-order valence-electron chi connectivity index (χ2n) is 5.53. The van der Waals surface area contributed by atoms with Crippen LogP contribution in [0, 0.1) is 5.82 Å². The Morgan fingerprint density at radius 2 is 1.80 bits per heavy atom. The van der Waals surface area contributed by atoms with Gasteiger partial charge in [0.15, 0.2) is 0 Å². The summed E-state index contributed by atoms with van der Waals surface area (Å²) in [6, 6.07) is 11.6. The fraction of sp³-hybridized carbons (Fsp3) is 0.235. The van der Waals surface area contributed by atoms with Gasteiger partial charge in [0.05, 0.1) is 24.7 Å². The number of nitrogens with zero attached hydrogens (tertiary/aromatic N) is 1. The number of benzene rings is 2. The minimum atomic E-state index is -3.93. The summed E-state index contributed by atoms with van der Waals surface area (Å²) in [5, 5.41) is 2.81. The molecule has 1 aliphatic heterocycles. The summed E-state index contributed by atoms with van der Waals surface area (Å²) in [6.45, 7) is -0.129. The molecule has 1 aliphatic rings. The number of sulfonamides is 1. The van der Waals surface area contributed by atoms with E-state index < -0.39 is 33.9 Å². The Labute approximate surface area is 145 Å². The van der Waals surface area contributed by atoms with Gasteiger partial charge in [0.25, 0.3) is 0 Å². The maximum atomic E-state index is 14.3. The van der Waals surface area contributed by atoms with E-state index >= 15 is 0 Å². The Kier molecular flexibility index (Phi) is 4.85. The van der Waals surface area contributed by atoms with Crippen molar-refractivity contribution in [2.75, 3.05) is 13.8 Å². The van der Waals surface area contributed by atoms with Crippen molar-refractivity contribution in [1.82, 2.24) is 9.62 Å². The number of carbonyl (C=O) groups excluding carboxylic acids is 1. The Morgan fingerprint density at radius 1 is 1.16 bits per heavy atom. The molecule has 0 amide bonds. The van der Waals surface area contributed by atoms with Gasteiger partial charge in [-0.2, -0.15) is 4.31 Å². The molecule has 2 aromatic carbocycles. The highest BCUT2D eigenvalue weighted by molar-refractivity contribution is 7.89. The number of methoxy groups -OCH3 is 1. The number of rotatable bonds is 4. The summed E-state index contributed by atoms with van der Waals surface area (Å²) in [5.41, 5.74) is 0.113. The maximum absolute atomic E-state index is 14.3. The first kappa shape index (κ1) is 17.5. The van der Waals surface area contributed by atoms with E-state index in [1.807, 2.05) is 0 Å². The van der Waals surface area contributed by atoms with Crippen molar-refractivity contribution in [3.63, 3.8) is 0 Å². The largest absolute Gasteiger partial charge is 0.468 e. The van der Waals surface area contributed by atoms with Crippen LogP contribution in [0.25, 0.3) is 0 Å². The third kappa shape index (κ3) is 3.15. The molecule has 0 spiro atoms. The number of nitrogens with one attached hydrogen (secondary N) is 1. The van der Waals surface area contributed by atoms with Crippen molar-refractivity contribution in [2.24, 2.45) is 0 Å². The molecule has 2 atom stereocenters. The van der Waals surface area contributed by atoms with Gasteiger partial charge in [-0.25, -0.2) is 12.8 Å². The molecule has 2 aromatic rings. The Morgan fingerprint density at radius 3 is 2.44 bits per heavy atom. The van der Waals surface area contributed by atoms with Gasteiger partial charge < -0.3 is 4.74 Å². The van der Waals surface area contributed by atoms with E-state index in [0.717, 1.165) is 4.31 Å². The molecule has 0 saturated carbocycles. The lowest BCUT2D eigenvalue weighted by atomic mass is 10.0. The second kappa shape index (κ2) is 6.91. The predicted octanol–water partition coefficient (Wildman–Crippen LogP) is 1.66. The average Bonchev–Trinajstić information content (AvgIpc) is 3.08. The molecule has 2 unspecified atom stereocenters. The standard InChI is InChI=1S/C17H17FN2O4S/c1-24-17(21)15-16(13-9-5-6-10-14(13)18)20(11-19-15)25(22,23)12-7-3-2-4-8-12/h2-10,15-16,19H,11H2,1H3. The molecule has 1 fully saturated rings. The first-order chi connectivity index (χ1) is 12.0. The summed E-state index contributed by atoms with van der Waals surface area (Å²) in [7, 11) is -2.73. The van der Waals surface area contributed by atoms with Gasteiger partial charge in [0.1, 0.15) is 11.9 Å². The number of hydrogen-bond acceptors (Lipinski definition) is 5. The molecule has 25 heavy (non-hydrogen) atoms. The topological polar surface area (TPSA) is 75.7 Å². The lowest BCUT2D eigenvalue weighted by Crippen LogP contribution is -2.38. The molecule has 1 N–H and O–H groups in total. The van der Waals surface area contributed by atoms with Gasteiger partial charge in [-0.1, -0.05) is 36.4 Å². The first-order valence-electron chi connectivity index (χ1n) is 7.59. The number of hydrogen-bond donors (Lipinski definition) is 1. The van der Waals surface area contributed by atoms with Crippen LogP contribution >= 0.6 is 0 Å². The Bertz CT molecular complexity index is 873. The van der Waals surface area contributed by atoms with Crippen LogP contribution in [0.2, 0.25) is 0 Å². The maximum Gasteiger partial charge on any atom is 0.324 e. The minimum absolute atomic E-state index is 0.0728. The van der Waals surface area contributed by atoms with E-state index in [1.165, 1.54) is 37.4 Å². The van der Waals surface area contributed by atoms with Gasteiger partial charge in [0.2, 0.25) is 10.0 Å². The van der Waals surface area contributed by atoms with Crippen LogP contribution in [0.3, 0.4) is 0 Å². The van der Waals surface area contributed by atoms with E-state index in [1.54, 1.807) is 24.3 Å². The van der Waals surface area contributed by atoms with Crippen LogP contribution in [-0.4, -0.2) is 38.5 Å². The number of esters is 1. The highest BCUT2D eigenvalue weighted by Crippen LogP contribution is 2.35. The number of halogens is 1. The molecule has 0 bridgehead atoms. The summed E-state index contributed by atoms with van der Waals surface area (Å²) in [6.07, 6.45) is 0. The molecule has 8 heteroatoms. The van der Waals surface area contributed by atoms with Crippen molar-refractivity contribution in [3.05, 3.63) is 66.0 Å². The highest BCUT2D eigenvalue weighted by atomic mass is 32.2. The smallest absolute Gasteiger partial charge is 0.324 e. The first-order valence-corrected chi connectivity index (χ1v) is 9.03. The van der Waals surface area contributed by atoms with Crippen LogP contribution < -0.4 is 5.32 Å². The van der Waals surface area contributed by atoms with Crippen LogP contribution in [0.1, 0.15) is 11.6 Å². The van der Waals surface area contributed by atoms with Gasteiger partial charge in [-0.15, -0.1) is 0 Å². The number of ether oxygens (including phenoxy) is 1. The normalized spacial score (nSPS) is 21.2. The van der Waals surface area contributed by atoms with E-state index in [0.29, 0.717) is 0 Å². The lowest BCUT2D eigenvalue weighted by molar-refractivity contribution is -0.143. The molecular weight excluding hydrogens is 347 g/mol. The Balaban J connectivity index is 2.10. The number of carbonyl (C=O) groups is 1. The third-order valence-electron chi connectivity index (χ3n) is 4.12. The zero-order valence-electron chi connectivity index (χ0n) is 13.4. The molecule has 6 nitrogen and oxygen atoms in total. The van der Waals surface area contributed by atoms with E-state index in [4.69, 9.17) is 4.74 Å². The summed E-state index contributed by atoms with van der Waals surface area (Å²) in [4.78, 5) is 12.2. The van der Waals surface area contributed by atoms with Gasteiger partial charge in [-0.05, 0) is 18.2 Å². The average molecular weight is 364 g/mol. The van der Waals surface area contributed by atoms with Crippen molar-refractivity contribution in [2.45, 2.75) is 17.0 Å². The molecule has 1 saturated heterocycles. The second-order valence-corrected chi connectivity index (χ2v) is 7.43. The summed E-state index contributed by atoms with van der Waals surface area (Å²) >= 11 is 0. The molecule has 0 radical (unpaired) electrons. The SMILES string of the molecule is COC(=O)C1NCN(S(=O)(=O)c2ccccc2)C1c1ccccc1F. The van der Waals surface area contributed by atoms with Crippen LogP contribution in [0.5, 0.6) is 0 Å². The molecule has 3 rings (SSSR count). The molecular formula is C17H17FN2O4S. The third-order valence-corrected chi connectivity index (χ3v) is 5.96. The molecule has 0 aromatic heterocycles. The molecule has 0 aliphatic carbocycles. The summed E-state index contributed by atoms with van der Waals surface area (Å²) < 4.78 is 46.2. The van der Waals surface area contributed by atoms with Crippen molar-refractivity contribution < 1.29 is 22.3 Å². The fourth-order valence-electron chi connectivity index (χ4n) is 2.92. The molecule has 1 heterocycles. The van der Waals surface area contributed by atoms with E-state index in [9.17, 15) is 17.6 Å². The quantitative estimate of drug-likeness (QED) is 0.835. The van der Waals surface area contributed by atoms with Crippen LogP contribution in [0.4, 0.5) is 4.39 Å². The zero-order chi connectivity index (χ0) is 18.0. The van der Waals surface area contributed by atoms with Gasteiger partial charge in [-0.3, -0.25) is 10.1 Å². The zero-order valence-corrected chi connectivity index (χ0v) is 14.2. The van der Waals surface area contributed by atoms with Crippen molar-refractivity contribution in [1.29, 1.82) is 0 Å². The lowest BCUT2D eigenvalue weighted by Gasteiger charge is -2.26.